The summed E-state index contributed by atoms with van der Waals surface area (Å²) in [7, 11) is 1.89. The van der Waals surface area contributed by atoms with E-state index in [-0.39, 0.29) is 11.3 Å². The van der Waals surface area contributed by atoms with Crippen LogP contribution in [0, 0.1) is 19.3 Å². The Labute approximate surface area is 129 Å². The molecule has 0 bridgehead atoms. The third-order valence-corrected chi connectivity index (χ3v) is 4.17. The molecule has 3 heteroatoms. The first-order chi connectivity index (χ1) is 9.75. The highest BCUT2D eigenvalue weighted by Crippen LogP contribution is 2.26. The van der Waals surface area contributed by atoms with Crippen LogP contribution in [0.3, 0.4) is 0 Å². The van der Waals surface area contributed by atoms with Crippen molar-refractivity contribution in [3.63, 3.8) is 0 Å². The Kier molecular flexibility index (Phi) is 6.41. The zero-order chi connectivity index (χ0) is 16.0. The average Bonchev–Trinajstić information content (AvgIpc) is 2.39. The second kappa shape index (κ2) is 7.60. The Bertz CT molecular complexity index is 480. The number of nitrogens with zero attached hydrogens (tertiary/aromatic N) is 1. The Morgan fingerprint density at radius 2 is 1.90 bits per heavy atom. The maximum atomic E-state index is 12.3. The van der Waals surface area contributed by atoms with Crippen molar-refractivity contribution >= 4 is 5.91 Å². The van der Waals surface area contributed by atoms with Gasteiger partial charge in [0, 0.05) is 20.0 Å². The largest absolute Gasteiger partial charge is 0.341 e. The molecular formula is C18H30N2O. The van der Waals surface area contributed by atoms with Gasteiger partial charge in [-0.2, -0.15) is 0 Å². The van der Waals surface area contributed by atoms with E-state index in [1.807, 2.05) is 11.9 Å². The molecule has 0 aromatic heterocycles. The number of carbonyl (C=O) groups is 1. The molecule has 0 aliphatic heterocycles. The quantitative estimate of drug-likeness (QED) is 0.836. The third kappa shape index (κ3) is 5.88. The highest BCUT2D eigenvalue weighted by Gasteiger charge is 2.20. The molecule has 1 aromatic rings. The monoisotopic (exact) mass is 290 g/mol. The van der Waals surface area contributed by atoms with Crippen LogP contribution < -0.4 is 5.73 Å². The van der Waals surface area contributed by atoms with E-state index < -0.39 is 0 Å². The molecule has 1 rings (SSSR count). The first-order valence-electron chi connectivity index (χ1n) is 7.75. The summed E-state index contributed by atoms with van der Waals surface area (Å²) in [4.78, 5) is 14.1. The van der Waals surface area contributed by atoms with E-state index in [2.05, 4.69) is 45.9 Å². The van der Waals surface area contributed by atoms with E-state index in [1.54, 1.807) is 0 Å². The van der Waals surface area contributed by atoms with Gasteiger partial charge in [0.25, 0.3) is 0 Å². The number of hydrogen-bond acceptors (Lipinski definition) is 2. The predicted molar refractivity (Wildman–Crippen MR) is 89.1 cm³/mol. The molecular weight excluding hydrogens is 260 g/mol. The molecule has 1 aromatic carbocycles. The number of rotatable bonds is 7. The van der Waals surface area contributed by atoms with Crippen molar-refractivity contribution in [2.75, 3.05) is 13.6 Å². The van der Waals surface area contributed by atoms with Crippen molar-refractivity contribution in [2.45, 2.75) is 53.5 Å². The molecule has 0 atom stereocenters. The molecule has 0 saturated carbocycles. The van der Waals surface area contributed by atoms with E-state index in [9.17, 15) is 4.79 Å². The van der Waals surface area contributed by atoms with Gasteiger partial charge < -0.3 is 10.6 Å². The van der Waals surface area contributed by atoms with Crippen molar-refractivity contribution in [1.29, 1.82) is 0 Å². The highest BCUT2D eigenvalue weighted by atomic mass is 16.2. The van der Waals surface area contributed by atoms with E-state index in [4.69, 9.17) is 5.73 Å². The molecule has 118 valence electrons. The molecule has 3 nitrogen and oxygen atoms in total. The molecule has 1 amide bonds. The van der Waals surface area contributed by atoms with Crippen molar-refractivity contribution in [1.82, 2.24) is 4.90 Å². The van der Waals surface area contributed by atoms with Gasteiger partial charge in [-0.15, -0.1) is 0 Å². The van der Waals surface area contributed by atoms with Gasteiger partial charge in [-0.1, -0.05) is 37.6 Å². The lowest BCUT2D eigenvalue weighted by Gasteiger charge is -2.25. The Hall–Kier alpha value is -1.35. The van der Waals surface area contributed by atoms with Gasteiger partial charge in [0.05, 0.1) is 0 Å². The molecule has 0 saturated heterocycles. The standard InChI is InChI=1S/C18H30N2O/c1-14-6-7-16(15(2)12-14)13-20(5)17(21)8-9-18(3,4)10-11-19/h6-7,12H,8-11,13,19H2,1-5H3. The van der Waals surface area contributed by atoms with Crippen LogP contribution in [0.2, 0.25) is 0 Å². The lowest BCUT2D eigenvalue weighted by Crippen LogP contribution is -2.28. The SMILES string of the molecule is Cc1ccc(CN(C)C(=O)CCC(C)(C)CCN)c(C)c1. The minimum Gasteiger partial charge on any atom is -0.341 e. The lowest BCUT2D eigenvalue weighted by molar-refractivity contribution is -0.131. The van der Waals surface area contributed by atoms with E-state index >= 15 is 0 Å². The summed E-state index contributed by atoms with van der Waals surface area (Å²) in [5.41, 5.74) is 9.49. The predicted octanol–water partition coefficient (Wildman–Crippen LogP) is 3.42. The summed E-state index contributed by atoms with van der Waals surface area (Å²) < 4.78 is 0. The summed E-state index contributed by atoms with van der Waals surface area (Å²) in [6.07, 6.45) is 2.44. The smallest absolute Gasteiger partial charge is 0.222 e. The maximum Gasteiger partial charge on any atom is 0.222 e. The minimum absolute atomic E-state index is 0.144. The summed E-state index contributed by atoms with van der Waals surface area (Å²) in [6.45, 7) is 9.91. The number of nitrogens with two attached hydrogens (primary N) is 1. The Morgan fingerprint density at radius 1 is 1.24 bits per heavy atom. The molecule has 0 aliphatic rings. The normalized spacial score (nSPS) is 11.5. The van der Waals surface area contributed by atoms with Gasteiger partial charge in [-0.25, -0.2) is 0 Å². The zero-order valence-electron chi connectivity index (χ0n) is 14.2. The van der Waals surface area contributed by atoms with Gasteiger partial charge in [0.15, 0.2) is 0 Å². The summed E-state index contributed by atoms with van der Waals surface area (Å²) in [5.74, 6) is 0.208. The van der Waals surface area contributed by atoms with Gasteiger partial charge in [-0.05, 0) is 49.8 Å². The van der Waals surface area contributed by atoms with Crippen LogP contribution in [0.15, 0.2) is 18.2 Å². The van der Waals surface area contributed by atoms with Crippen molar-refractivity contribution in [2.24, 2.45) is 11.1 Å². The topological polar surface area (TPSA) is 46.3 Å². The molecule has 21 heavy (non-hydrogen) atoms. The van der Waals surface area contributed by atoms with Crippen LogP contribution in [0.4, 0.5) is 0 Å². The van der Waals surface area contributed by atoms with Crippen molar-refractivity contribution in [3.8, 4) is 0 Å². The van der Waals surface area contributed by atoms with Crippen LogP contribution >= 0.6 is 0 Å². The van der Waals surface area contributed by atoms with E-state index in [0.29, 0.717) is 19.5 Å². The summed E-state index contributed by atoms with van der Waals surface area (Å²) in [6, 6.07) is 6.38. The van der Waals surface area contributed by atoms with Gasteiger partial charge in [0.2, 0.25) is 5.91 Å². The van der Waals surface area contributed by atoms with E-state index in [0.717, 1.165) is 12.8 Å². The molecule has 0 aliphatic carbocycles. The molecule has 0 spiro atoms. The number of benzene rings is 1. The summed E-state index contributed by atoms with van der Waals surface area (Å²) >= 11 is 0. The van der Waals surface area contributed by atoms with Crippen LogP contribution in [0.25, 0.3) is 0 Å². The van der Waals surface area contributed by atoms with Crippen molar-refractivity contribution in [3.05, 3.63) is 34.9 Å². The fraction of sp³-hybridized carbons (Fsp3) is 0.611. The number of carbonyl (C=O) groups excluding carboxylic acids is 1. The first kappa shape index (κ1) is 17.7. The number of hydrogen-bond donors (Lipinski definition) is 1. The minimum atomic E-state index is 0.144. The van der Waals surface area contributed by atoms with Crippen LogP contribution in [0.1, 0.15) is 49.8 Å². The van der Waals surface area contributed by atoms with Gasteiger partial charge >= 0.3 is 0 Å². The Morgan fingerprint density at radius 3 is 2.48 bits per heavy atom. The van der Waals surface area contributed by atoms with Crippen LogP contribution in [0.5, 0.6) is 0 Å². The molecule has 0 fully saturated rings. The van der Waals surface area contributed by atoms with Crippen LogP contribution in [-0.4, -0.2) is 24.4 Å². The molecule has 0 radical (unpaired) electrons. The molecule has 2 N–H and O–H groups in total. The first-order valence-corrected chi connectivity index (χ1v) is 7.75. The van der Waals surface area contributed by atoms with Crippen molar-refractivity contribution < 1.29 is 4.79 Å². The third-order valence-electron chi connectivity index (χ3n) is 4.17. The number of amides is 1. The fourth-order valence-electron chi connectivity index (χ4n) is 2.52. The maximum absolute atomic E-state index is 12.3. The molecule has 0 unspecified atom stereocenters. The highest BCUT2D eigenvalue weighted by molar-refractivity contribution is 5.75. The Balaban J connectivity index is 2.55. The summed E-state index contributed by atoms with van der Waals surface area (Å²) in [5, 5.41) is 0. The fourth-order valence-corrected chi connectivity index (χ4v) is 2.52. The van der Waals surface area contributed by atoms with Gasteiger partial charge in [0.1, 0.15) is 0 Å². The average molecular weight is 290 g/mol. The zero-order valence-corrected chi connectivity index (χ0v) is 14.2. The molecule has 0 heterocycles. The van der Waals surface area contributed by atoms with Gasteiger partial charge in [-0.3, -0.25) is 4.79 Å². The lowest BCUT2D eigenvalue weighted by atomic mass is 9.84. The second-order valence-corrected chi connectivity index (χ2v) is 6.88. The number of aryl methyl sites for hydroxylation is 2. The van der Waals surface area contributed by atoms with Crippen LogP contribution in [-0.2, 0) is 11.3 Å². The van der Waals surface area contributed by atoms with E-state index in [1.165, 1.54) is 16.7 Å². The second-order valence-electron chi connectivity index (χ2n) is 6.88.